The minimum Gasteiger partial charge on any atom is -0.391 e. The second-order valence-corrected chi connectivity index (χ2v) is 5.06. The standard InChI is InChI=1S/C14H19F2NO/c15-11-8-4-7-10(12(11)16)13(17)14(18)9-5-2-1-3-6-9/h4,7-9,13-14,18H,1-3,5-6,17H2/t13-,14+/m0/s1. The summed E-state index contributed by atoms with van der Waals surface area (Å²) in [4.78, 5) is 0. The van der Waals surface area contributed by atoms with E-state index in [0.29, 0.717) is 0 Å². The zero-order valence-electron chi connectivity index (χ0n) is 10.3. The van der Waals surface area contributed by atoms with Crippen molar-refractivity contribution in [3.8, 4) is 0 Å². The molecule has 2 atom stereocenters. The molecular formula is C14H19F2NO. The maximum absolute atomic E-state index is 13.6. The fourth-order valence-electron chi connectivity index (χ4n) is 2.73. The number of halogens is 2. The number of aliphatic hydroxyl groups excluding tert-OH is 1. The van der Waals surface area contributed by atoms with Gasteiger partial charge in [-0.05, 0) is 24.8 Å². The molecule has 2 nitrogen and oxygen atoms in total. The molecule has 0 saturated heterocycles. The van der Waals surface area contributed by atoms with Gasteiger partial charge in [-0.2, -0.15) is 0 Å². The SMILES string of the molecule is N[C@@H](c1cccc(F)c1F)[C@H](O)C1CCCCC1. The van der Waals surface area contributed by atoms with Gasteiger partial charge in [-0.15, -0.1) is 0 Å². The van der Waals surface area contributed by atoms with Crippen molar-refractivity contribution < 1.29 is 13.9 Å². The van der Waals surface area contributed by atoms with E-state index >= 15 is 0 Å². The number of rotatable bonds is 3. The van der Waals surface area contributed by atoms with Crippen LogP contribution in [0.5, 0.6) is 0 Å². The number of aliphatic hydroxyl groups is 1. The van der Waals surface area contributed by atoms with Gasteiger partial charge < -0.3 is 10.8 Å². The van der Waals surface area contributed by atoms with Crippen molar-refractivity contribution in [1.29, 1.82) is 0 Å². The number of benzene rings is 1. The van der Waals surface area contributed by atoms with Crippen LogP contribution in [0, 0.1) is 17.6 Å². The van der Waals surface area contributed by atoms with Gasteiger partial charge in [0.2, 0.25) is 0 Å². The van der Waals surface area contributed by atoms with Crippen molar-refractivity contribution in [1.82, 2.24) is 0 Å². The van der Waals surface area contributed by atoms with E-state index in [-0.39, 0.29) is 11.5 Å². The Bertz CT molecular complexity index is 405. The van der Waals surface area contributed by atoms with Gasteiger partial charge in [0.15, 0.2) is 11.6 Å². The fraction of sp³-hybridized carbons (Fsp3) is 0.571. The number of nitrogens with two attached hydrogens (primary N) is 1. The summed E-state index contributed by atoms with van der Waals surface area (Å²) >= 11 is 0. The van der Waals surface area contributed by atoms with Crippen LogP contribution in [0.4, 0.5) is 8.78 Å². The summed E-state index contributed by atoms with van der Waals surface area (Å²) in [5.74, 6) is -1.77. The molecule has 0 heterocycles. The second-order valence-electron chi connectivity index (χ2n) is 5.06. The molecule has 1 aliphatic carbocycles. The Balaban J connectivity index is 2.14. The van der Waals surface area contributed by atoms with Crippen LogP contribution >= 0.6 is 0 Å². The van der Waals surface area contributed by atoms with Gasteiger partial charge in [0.25, 0.3) is 0 Å². The molecule has 0 aromatic heterocycles. The highest BCUT2D eigenvalue weighted by molar-refractivity contribution is 5.23. The lowest BCUT2D eigenvalue weighted by Crippen LogP contribution is -2.34. The van der Waals surface area contributed by atoms with Crippen LogP contribution in [0.1, 0.15) is 43.7 Å². The molecule has 18 heavy (non-hydrogen) atoms. The molecule has 0 bridgehead atoms. The highest BCUT2D eigenvalue weighted by Crippen LogP contribution is 2.32. The molecule has 1 aromatic rings. The Hall–Kier alpha value is -1.00. The van der Waals surface area contributed by atoms with Crippen LogP contribution in [-0.4, -0.2) is 11.2 Å². The van der Waals surface area contributed by atoms with Gasteiger partial charge in [-0.3, -0.25) is 0 Å². The minimum atomic E-state index is -0.945. The van der Waals surface area contributed by atoms with E-state index in [1.54, 1.807) is 0 Å². The van der Waals surface area contributed by atoms with Crippen LogP contribution in [-0.2, 0) is 0 Å². The first kappa shape index (κ1) is 13.4. The monoisotopic (exact) mass is 255 g/mol. The predicted molar refractivity (Wildman–Crippen MR) is 65.9 cm³/mol. The van der Waals surface area contributed by atoms with Gasteiger partial charge in [-0.25, -0.2) is 8.78 Å². The molecule has 2 rings (SSSR count). The molecule has 3 N–H and O–H groups in total. The van der Waals surface area contributed by atoms with E-state index in [4.69, 9.17) is 5.73 Å². The molecule has 1 saturated carbocycles. The Morgan fingerprint density at radius 1 is 1.17 bits per heavy atom. The average Bonchev–Trinajstić information content (AvgIpc) is 2.41. The third kappa shape index (κ3) is 2.70. The summed E-state index contributed by atoms with van der Waals surface area (Å²) < 4.78 is 26.7. The summed E-state index contributed by atoms with van der Waals surface area (Å²) in [5.41, 5.74) is 5.95. The van der Waals surface area contributed by atoms with E-state index in [1.165, 1.54) is 18.6 Å². The fourth-order valence-corrected chi connectivity index (χ4v) is 2.73. The third-order valence-electron chi connectivity index (χ3n) is 3.84. The zero-order chi connectivity index (χ0) is 13.1. The van der Waals surface area contributed by atoms with Crippen molar-refractivity contribution in [2.75, 3.05) is 0 Å². The molecule has 1 fully saturated rings. The largest absolute Gasteiger partial charge is 0.391 e. The van der Waals surface area contributed by atoms with Crippen LogP contribution in [0.2, 0.25) is 0 Å². The first-order valence-electron chi connectivity index (χ1n) is 6.49. The van der Waals surface area contributed by atoms with Crippen molar-refractivity contribution >= 4 is 0 Å². The van der Waals surface area contributed by atoms with Gasteiger partial charge in [0, 0.05) is 5.56 Å². The quantitative estimate of drug-likeness (QED) is 0.872. The zero-order valence-corrected chi connectivity index (χ0v) is 10.3. The Morgan fingerprint density at radius 2 is 1.83 bits per heavy atom. The van der Waals surface area contributed by atoms with Crippen molar-refractivity contribution in [3.63, 3.8) is 0 Å². The lowest BCUT2D eigenvalue weighted by molar-refractivity contribution is 0.0606. The van der Waals surface area contributed by atoms with Gasteiger partial charge in [-0.1, -0.05) is 31.4 Å². The van der Waals surface area contributed by atoms with Gasteiger partial charge in [0.1, 0.15) is 0 Å². The lowest BCUT2D eigenvalue weighted by Gasteiger charge is -2.30. The molecule has 1 aliphatic rings. The molecule has 100 valence electrons. The van der Waals surface area contributed by atoms with Gasteiger partial charge in [0.05, 0.1) is 12.1 Å². The van der Waals surface area contributed by atoms with E-state index in [2.05, 4.69) is 0 Å². The number of hydrogen-bond acceptors (Lipinski definition) is 2. The van der Waals surface area contributed by atoms with Crippen molar-refractivity contribution in [2.45, 2.75) is 44.2 Å². The number of hydrogen-bond donors (Lipinski definition) is 2. The summed E-state index contributed by atoms with van der Waals surface area (Å²) in [6.07, 6.45) is 4.33. The maximum Gasteiger partial charge on any atom is 0.163 e. The third-order valence-corrected chi connectivity index (χ3v) is 3.84. The van der Waals surface area contributed by atoms with Crippen LogP contribution in [0.3, 0.4) is 0 Å². The molecule has 0 aliphatic heterocycles. The van der Waals surface area contributed by atoms with Crippen LogP contribution in [0.25, 0.3) is 0 Å². The molecule has 0 spiro atoms. The Morgan fingerprint density at radius 3 is 2.50 bits per heavy atom. The molecular weight excluding hydrogens is 236 g/mol. The van der Waals surface area contributed by atoms with Crippen molar-refractivity contribution in [2.24, 2.45) is 11.7 Å². The summed E-state index contributed by atoms with van der Waals surface area (Å²) in [6, 6.07) is 3.05. The lowest BCUT2D eigenvalue weighted by atomic mass is 9.81. The Kier molecular flexibility index (Phi) is 4.30. The maximum atomic E-state index is 13.6. The predicted octanol–water partition coefficient (Wildman–Crippen LogP) is 2.91. The first-order chi connectivity index (χ1) is 8.61. The molecule has 4 heteroatoms. The van der Waals surface area contributed by atoms with E-state index < -0.39 is 23.8 Å². The summed E-state index contributed by atoms with van der Waals surface area (Å²) in [6.45, 7) is 0. The van der Waals surface area contributed by atoms with E-state index in [1.807, 2.05) is 0 Å². The van der Waals surface area contributed by atoms with Gasteiger partial charge >= 0.3 is 0 Å². The molecule has 0 amide bonds. The normalized spacial score (nSPS) is 20.7. The molecule has 0 unspecified atom stereocenters. The first-order valence-corrected chi connectivity index (χ1v) is 6.49. The highest BCUT2D eigenvalue weighted by Gasteiger charge is 2.29. The smallest absolute Gasteiger partial charge is 0.163 e. The van der Waals surface area contributed by atoms with Crippen LogP contribution < -0.4 is 5.73 Å². The summed E-state index contributed by atoms with van der Waals surface area (Å²) in [7, 11) is 0. The summed E-state index contributed by atoms with van der Waals surface area (Å²) in [5, 5.41) is 10.2. The topological polar surface area (TPSA) is 46.2 Å². The van der Waals surface area contributed by atoms with E-state index in [0.717, 1.165) is 31.7 Å². The molecule has 1 aromatic carbocycles. The van der Waals surface area contributed by atoms with Crippen LogP contribution in [0.15, 0.2) is 18.2 Å². The minimum absolute atomic E-state index is 0.0630. The second kappa shape index (κ2) is 5.76. The van der Waals surface area contributed by atoms with Crippen molar-refractivity contribution in [3.05, 3.63) is 35.4 Å². The van der Waals surface area contributed by atoms with E-state index in [9.17, 15) is 13.9 Å². The Labute approximate surface area is 106 Å². The highest BCUT2D eigenvalue weighted by atomic mass is 19.2. The molecule has 0 radical (unpaired) electrons. The average molecular weight is 255 g/mol.